The first-order chi connectivity index (χ1) is 13.1. The fourth-order valence-electron chi connectivity index (χ4n) is 2.87. The summed E-state index contributed by atoms with van der Waals surface area (Å²) in [5.74, 6) is 0.108. The number of amides is 2. The van der Waals surface area contributed by atoms with Crippen molar-refractivity contribution in [2.45, 2.75) is 0 Å². The average Bonchev–Trinajstić information content (AvgIpc) is 3.06. The minimum Gasteiger partial charge on any atom is -0.382 e. The van der Waals surface area contributed by atoms with Gasteiger partial charge in [-0.2, -0.15) is 0 Å². The number of nitrogens with one attached hydrogen (secondary N) is 2. The molecule has 0 spiro atoms. The summed E-state index contributed by atoms with van der Waals surface area (Å²) in [5, 5.41) is 5.39. The molecule has 0 bridgehead atoms. The minimum atomic E-state index is -0.406. The molecule has 2 aromatic heterocycles. The number of nitrogens with zero attached hydrogens (tertiary/aromatic N) is 2. The Morgan fingerprint density at radius 2 is 1.59 bits per heavy atom. The van der Waals surface area contributed by atoms with E-state index in [9.17, 15) is 9.18 Å². The normalized spacial score (nSPS) is 10.7. The van der Waals surface area contributed by atoms with E-state index in [4.69, 9.17) is 5.73 Å². The highest BCUT2D eigenvalue weighted by atomic mass is 19.1. The Balaban J connectivity index is 1.51. The summed E-state index contributed by atoms with van der Waals surface area (Å²) in [4.78, 5) is 16.2. The standard InChI is InChI=1S/C20H16FN5O/c21-14-5-9-16(10-6-14)25-20(27)24-15-7-3-13(4-8-15)17-2-1-11-26-12-23-19(22)18(17)26/h1-12H,22H2,(H2,24,25,27). The number of nitrogens with two attached hydrogens (primary N) is 1. The summed E-state index contributed by atoms with van der Waals surface area (Å²) in [6.07, 6.45) is 3.56. The number of hydrogen-bond donors (Lipinski definition) is 3. The van der Waals surface area contributed by atoms with Gasteiger partial charge in [0.15, 0.2) is 0 Å². The van der Waals surface area contributed by atoms with E-state index in [0.717, 1.165) is 16.6 Å². The molecule has 2 aromatic carbocycles. The number of fused-ring (bicyclic) bond motifs is 1. The molecule has 0 radical (unpaired) electrons. The Bertz CT molecular complexity index is 1100. The molecule has 0 aliphatic carbocycles. The van der Waals surface area contributed by atoms with E-state index in [1.54, 1.807) is 18.5 Å². The van der Waals surface area contributed by atoms with Gasteiger partial charge in [0.05, 0.1) is 5.52 Å². The maximum absolute atomic E-state index is 12.9. The molecule has 0 atom stereocenters. The van der Waals surface area contributed by atoms with E-state index >= 15 is 0 Å². The molecular weight excluding hydrogens is 345 g/mol. The van der Waals surface area contributed by atoms with Crippen LogP contribution in [0.5, 0.6) is 0 Å². The van der Waals surface area contributed by atoms with E-state index in [0.29, 0.717) is 17.2 Å². The van der Waals surface area contributed by atoms with Crippen LogP contribution in [-0.2, 0) is 0 Å². The summed E-state index contributed by atoms with van der Waals surface area (Å²) < 4.78 is 14.8. The summed E-state index contributed by atoms with van der Waals surface area (Å²) in [5.41, 5.74) is 9.86. The van der Waals surface area contributed by atoms with Crippen LogP contribution in [0.3, 0.4) is 0 Å². The number of imidazole rings is 1. The van der Waals surface area contributed by atoms with Gasteiger partial charge < -0.3 is 20.8 Å². The van der Waals surface area contributed by atoms with Crippen molar-refractivity contribution in [1.29, 1.82) is 0 Å². The highest BCUT2D eigenvalue weighted by Crippen LogP contribution is 2.28. The lowest BCUT2D eigenvalue weighted by Gasteiger charge is -2.09. The van der Waals surface area contributed by atoms with Crippen molar-refractivity contribution in [3.63, 3.8) is 0 Å². The van der Waals surface area contributed by atoms with Gasteiger partial charge in [-0.15, -0.1) is 0 Å². The first kappa shape index (κ1) is 16.6. The largest absolute Gasteiger partial charge is 0.382 e. The fraction of sp³-hybridized carbons (Fsp3) is 0. The third-order valence-electron chi connectivity index (χ3n) is 4.14. The number of halogens is 1. The number of pyridine rings is 1. The third kappa shape index (κ3) is 3.43. The van der Waals surface area contributed by atoms with Crippen molar-refractivity contribution in [2.24, 2.45) is 0 Å². The molecule has 2 amide bonds. The monoisotopic (exact) mass is 361 g/mol. The lowest BCUT2D eigenvalue weighted by atomic mass is 10.1. The van der Waals surface area contributed by atoms with Crippen LogP contribution in [0.15, 0.2) is 73.2 Å². The SMILES string of the molecule is Nc1ncn2cccc(-c3ccc(NC(=O)Nc4ccc(F)cc4)cc3)c12. The van der Waals surface area contributed by atoms with Crippen LogP contribution < -0.4 is 16.4 Å². The number of aromatic nitrogens is 2. The highest BCUT2D eigenvalue weighted by molar-refractivity contribution is 6.00. The van der Waals surface area contributed by atoms with Crippen LogP contribution in [0.1, 0.15) is 0 Å². The van der Waals surface area contributed by atoms with Crippen molar-refractivity contribution in [3.8, 4) is 11.1 Å². The summed E-state index contributed by atoms with van der Waals surface area (Å²) in [6.45, 7) is 0. The molecule has 7 heteroatoms. The number of benzene rings is 2. The smallest absolute Gasteiger partial charge is 0.323 e. The Morgan fingerprint density at radius 3 is 2.26 bits per heavy atom. The third-order valence-corrected chi connectivity index (χ3v) is 4.14. The Kier molecular flexibility index (Phi) is 4.18. The Hall–Kier alpha value is -3.87. The van der Waals surface area contributed by atoms with Crippen molar-refractivity contribution < 1.29 is 9.18 Å². The van der Waals surface area contributed by atoms with Crippen LogP contribution in [-0.4, -0.2) is 15.4 Å². The molecule has 0 fully saturated rings. The number of anilines is 3. The van der Waals surface area contributed by atoms with Gasteiger partial charge in [-0.05, 0) is 48.0 Å². The van der Waals surface area contributed by atoms with E-state index in [2.05, 4.69) is 15.6 Å². The van der Waals surface area contributed by atoms with Crippen molar-refractivity contribution in [2.75, 3.05) is 16.4 Å². The van der Waals surface area contributed by atoms with Gasteiger partial charge in [0, 0.05) is 23.1 Å². The highest BCUT2D eigenvalue weighted by Gasteiger charge is 2.09. The van der Waals surface area contributed by atoms with Crippen molar-refractivity contribution in [1.82, 2.24) is 9.38 Å². The van der Waals surface area contributed by atoms with Gasteiger partial charge in [0.1, 0.15) is 18.0 Å². The fourth-order valence-corrected chi connectivity index (χ4v) is 2.87. The Labute approximate surface area is 154 Å². The summed E-state index contributed by atoms with van der Waals surface area (Å²) >= 11 is 0. The number of hydrogen-bond acceptors (Lipinski definition) is 3. The number of carbonyl (C=O) groups is 1. The van der Waals surface area contributed by atoms with Crippen LogP contribution in [0.25, 0.3) is 16.6 Å². The van der Waals surface area contributed by atoms with Gasteiger partial charge in [0.25, 0.3) is 0 Å². The zero-order valence-corrected chi connectivity index (χ0v) is 14.2. The summed E-state index contributed by atoms with van der Waals surface area (Å²) in [6, 6.07) is 16.4. The second kappa shape index (κ2) is 6.80. The second-order valence-electron chi connectivity index (χ2n) is 5.97. The number of carbonyl (C=O) groups excluding carboxylic acids is 1. The average molecular weight is 361 g/mol. The predicted molar refractivity (Wildman–Crippen MR) is 104 cm³/mol. The van der Waals surface area contributed by atoms with E-state index in [1.165, 1.54) is 24.3 Å². The number of urea groups is 1. The molecule has 0 aliphatic heterocycles. The maximum Gasteiger partial charge on any atom is 0.323 e. The molecule has 6 nitrogen and oxygen atoms in total. The van der Waals surface area contributed by atoms with Crippen LogP contribution in [0.2, 0.25) is 0 Å². The topological polar surface area (TPSA) is 84.4 Å². The number of nitrogen functional groups attached to an aromatic ring is 1. The van der Waals surface area contributed by atoms with Gasteiger partial charge in [-0.1, -0.05) is 18.2 Å². The quantitative estimate of drug-likeness (QED) is 0.507. The van der Waals surface area contributed by atoms with Gasteiger partial charge in [-0.25, -0.2) is 14.2 Å². The van der Waals surface area contributed by atoms with Gasteiger partial charge >= 0.3 is 6.03 Å². The van der Waals surface area contributed by atoms with Gasteiger partial charge in [-0.3, -0.25) is 0 Å². The Morgan fingerprint density at radius 1 is 0.963 bits per heavy atom. The molecule has 4 rings (SSSR count). The van der Waals surface area contributed by atoms with E-state index < -0.39 is 6.03 Å². The molecular formula is C20H16FN5O. The molecule has 0 saturated heterocycles. The first-order valence-electron chi connectivity index (χ1n) is 8.25. The zero-order valence-electron chi connectivity index (χ0n) is 14.2. The van der Waals surface area contributed by atoms with Gasteiger partial charge in [0.2, 0.25) is 0 Å². The predicted octanol–water partition coefficient (Wildman–Crippen LogP) is 4.37. The van der Waals surface area contributed by atoms with Crippen LogP contribution in [0, 0.1) is 5.82 Å². The van der Waals surface area contributed by atoms with Crippen molar-refractivity contribution in [3.05, 3.63) is 79.0 Å². The maximum atomic E-state index is 12.9. The molecule has 2 heterocycles. The van der Waals surface area contributed by atoms with Crippen molar-refractivity contribution >= 4 is 28.7 Å². The van der Waals surface area contributed by atoms with E-state index in [1.807, 2.05) is 34.9 Å². The second-order valence-corrected chi connectivity index (χ2v) is 5.97. The molecule has 0 unspecified atom stereocenters. The van der Waals surface area contributed by atoms with E-state index in [-0.39, 0.29) is 5.82 Å². The zero-order chi connectivity index (χ0) is 18.8. The molecule has 0 saturated carbocycles. The minimum absolute atomic E-state index is 0.356. The molecule has 134 valence electrons. The number of rotatable bonds is 3. The molecule has 4 N–H and O–H groups in total. The summed E-state index contributed by atoms with van der Waals surface area (Å²) in [7, 11) is 0. The van der Waals surface area contributed by atoms with Crippen LogP contribution >= 0.6 is 0 Å². The molecule has 0 aliphatic rings. The molecule has 4 aromatic rings. The first-order valence-corrected chi connectivity index (χ1v) is 8.25. The lowest BCUT2D eigenvalue weighted by molar-refractivity contribution is 0.262. The lowest BCUT2D eigenvalue weighted by Crippen LogP contribution is -2.19. The molecule has 27 heavy (non-hydrogen) atoms. The van der Waals surface area contributed by atoms with Crippen LogP contribution in [0.4, 0.5) is 26.4 Å².